The van der Waals surface area contributed by atoms with Gasteiger partial charge in [-0.15, -0.1) is 0 Å². The van der Waals surface area contributed by atoms with Gasteiger partial charge >= 0.3 is 0 Å². The third-order valence-electron chi connectivity index (χ3n) is 3.74. The molecule has 0 aromatic carbocycles. The molecule has 3 rings (SSSR count). The minimum Gasteiger partial charge on any atom is -0.311 e. The van der Waals surface area contributed by atoms with Crippen LogP contribution < -0.4 is 5.32 Å². The third-order valence-corrected chi connectivity index (χ3v) is 5.18. The zero-order chi connectivity index (χ0) is 11.8. The lowest BCUT2D eigenvalue weighted by Gasteiger charge is -2.24. The van der Waals surface area contributed by atoms with Crippen molar-refractivity contribution in [2.75, 3.05) is 13.1 Å². The van der Waals surface area contributed by atoms with Gasteiger partial charge in [0.1, 0.15) is 5.54 Å². The van der Waals surface area contributed by atoms with Crippen molar-refractivity contribution in [3.05, 3.63) is 10.6 Å². The molecule has 16 heavy (non-hydrogen) atoms. The first kappa shape index (κ1) is 12.2. The fraction of sp³-hybridized carbons (Fsp3) is 0.846. The number of aromatic nitrogens is 1. The number of fused-ring (bicyclic) bond motifs is 3. The predicted octanol–water partition coefficient (Wildman–Crippen LogP) is 3.53. The van der Waals surface area contributed by atoms with Crippen LogP contribution in [0.4, 0.5) is 0 Å². The third kappa shape index (κ3) is 1.48. The van der Waals surface area contributed by atoms with Crippen LogP contribution in [0, 0.1) is 0 Å². The highest BCUT2D eigenvalue weighted by Gasteiger charge is 2.60. The molecule has 1 fully saturated rings. The van der Waals surface area contributed by atoms with Crippen molar-refractivity contribution < 1.29 is 0 Å². The molecule has 0 bridgehead atoms. The van der Waals surface area contributed by atoms with Gasteiger partial charge in [0.05, 0.1) is 5.69 Å². The second kappa shape index (κ2) is 4.53. The Morgan fingerprint density at radius 2 is 2.06 bits per heavy atom. The highest BCUT2D eigenvalue weighted by Crippen LogP contribution is 2.57. The molecule has 1 unspecified atom stereocenters. The number of rotatable bonds is 4. The zero-order valence-electron chi connectivity index (χ0n) is 11.0. The Morgan fingerprint density at radius 3 is 2.44 bits per heavy atom. The van der Waals surface area contributed by atoms with Crippen molar-refractivity contribution >= 4 is 11.5 Å². The van der Waals surface area contributed by atoms with Crippen LogP contribution in [0.5, 0.6) is 0 Å². The van der Waals surface area contributed by atoms with Gasteiger partial charge in [0.15, 0.2) is 0 Å². The smallest absolute Gasteiger partial charge is 0.122 e. The molecular formula is C13H24N2S. The molecule has 2 nitrogen and oxygen atoms in total. The molecule has 0 amide bonds. The average Bonchev–Trinajstić information content (AvgIpc) is 2.80. The van der Waals surface area contributed by atoms with E-state index in [9.17, 15) is 0 Å². The molecule has 1 N–H and O–H groups in total. The van der Waals surface area contributed by atoms with Gasteiger partial charge in [-0.25, -0.2) is 0 Å². The van der Waals surface area contributed by atoms with Gasteiger partial charge in [-0.05, 0) is 18.8 Å². The molecule has 0 radical (unpaired) electrons. The number of hydrogen-bond acceptors (Lipinski definition) is 2. The number of hydrogen-bond donors (Lipinski definition) is 1. The molecule has 92 valence electrons. The van der Waals surface area contributed by atoms with Crippen LogP contribution in [0.25, 0.3) is 0 Å². The second-order valence-corrected chi connectivity index (χ2v) is 5.62. The normalized spacial score (nSPS) is 20.8. The molecule has 3 heterocycles. The lowest BCUT2D eigenvalue weighted by Crippen LogP contribution is -2.49. The summed E-state index contributed by atoms with van der Waals surface area (Å²) in [6, 6.07) is 0. The lowest BCUT2D eigenvalue weighted by molar-refractivity contribution is 0.355. The molecule has 1 atom stereocenters. The lowest BCUT2D eigenvalue weighted by atomic mass is 9.92. The Balaban J connectivity index is 0.000000457. The first-order valence-corrected chi connectivity index (χ1v) is 7.54. The first-order valence-electron chi connectivity index (χ1n) is 6.77. The molecule has 1 aromatic rings. The van der Waals surface area contributed by atoms with Gasteiger partial charge < -0.3 is 5.32 Å². The predicted molar refractivity (Wildman–Crippen MR) is 71.5 cm³/mol. The Labute approximate surface area is 103 Å². The zero-order valence-corrected chi connectivity index (χ0v) is 11.8. The van der Waals surface area contributed by atoms with E-state index >= 15 is 0 Å². The summed E-state index contributed by atoms with van der Waals surface area (Å²) in [6.45, 7) is 11.0. The van der Waals surface area contributed by atoms with Crippen LogP contribution in [0.3, 0.4) is 0 Å². The van der Waals surface area contributed by atoms with Crippen molar-refractivity contribution in [2.45, 2.75) is 58.4 Å². The summed E-state index contributed by atoms with van der Waals surface area (Å²) in [5.41, 5.74) is 2.21. The maximum atomic E-state index is 3.39. The average molecular weight is 240 g/mol. The van der Waals surface area contributed by atoms with Crippen molar-refractivity contribution in [1.82, 2.24) is 9.27 Å². The van der Waals surface area contributed by atoms with E-state index in [4.69, 9.17) is 0 Å². The molecule has 2 aliphatic heterocycles. The van der Waals surface area contributed by atoms with E-state index in [1.807, 2.05) is 25.4 Å². The van der Waals surface area contributed by atoms with Gasteiger partial charge in [0.25, 0.3) is 0 Å². The standard InChI is InChI=1S/C11H18N2S.C2H6/c1-3-5-8(4-2)9-10-11(6-12-7-11)13(10)14-9;1-2/h8,12H,3-7H2,1-2H3;1-2H3. The summed E-state index contributed by atoms with van der Waals surface area (Å²) in [4.78, 5) is 1.72. The van der Waals surface area contributed by atoms with Crippen molar-refractivity contribution in [3.63, 3.8) is 0 Å². The number of nitrogens with one attached hydrogen (secondary N) is 1. The number of nitrogens with zero attached hydrogens (tertiary/aromatic N) is 1. The van der Waals surface area contributed by atoms with Crippen molar-refractivity contribution in [1.29, 1.82) is 0 Å². The highest BCUT2D eigenvalue weighted by atomic mass is 32.1. The summed E-state index contributed by atoms with van der Waals surface area (Å²) in [5.74, 6) is 0.858. The SMILES string of the molecule is CC.CCCC(CC)c1sn2c1C21CNC1. The summed E-state index contributed by atoms with van der Waals surface area (Å²) in [5, 5.41) is 3.39. The first-order chi connectivity index (χ1) is 7.83. The molecular weight excluding hydrogens is 216 g/mol. The topological polar surface area (TPSA) is 17.0 Å². The summed E-state index contributed by atoms with van der Waals surface area (Å²) < 4.78 is 2.52. The van der Waals surface area contributed by atoms with Crippen LogP contribution in [0.15, 0.2) is 0 Å². The van der Waals surface area contributed by atoms with Crippen molar-refractivity contribution in [2.24, 2.45) is 0 Å². The molecule has 2 aliphatic rings. The van der Waals surface area contributed by atoms with E-state index in [0.717, 1.165) is 5.92 Å². The van der Waals surface area contributed by atoms with Crippen LogP contribution in [-0.4, -0.2) is 17.0 Å². The van der Waals surface area contributed by atoms with Crippen LogP contribution >= 0.6 is 11.5 Å². The Bertz CT molecular complexity index is 347. The summed E-state index contributed by atoms with van der Waals surface area (Å²) in [6.07, 6.45) is 4.01. The largest absolute Gasteiger partial charge is 0.311 e. The fourth-order valence-electron chi connectivity index (χ4n) is 2.67. The monoisotopic (exact) mass is 240 g/mol. The highest BCUT2D eigenvalue weighted by molar-refractivity contribution is 7.09. The molecule has 0 saturated carbocycles. The van der Waals surface area contributed by atoms with Crippen LogP contribution in [0.2, 0.25) is 0 Å². The maximum absolute atomic E-state index is 3.39. The van der Waals surface area contributed by atoms with Crippen molar-refractivity contribution in [3.8, 4) is 0 Å². The van der Waals surface area contributed by atoms with E-state index in [0.29, 0.717) is 5.54 Å². The molecule has 0 aliphatic carbocycles. The minimum absolute atomic E-state index is 0.515. The fourth-order valence-corrected chi connectivity index (χ4v) is 4.24. The van der Waals surface area contributed by atoms with Gasteiger partial charge in [-0.1, -0.05) is 45.6 Å². The summed E-state index contributed by atoms with van der Waals surface area (Å²) in [7, 11) is 0. The quantitative estimate of drug-likeness (QED) is 0.852. The van der Waals surface area contributed by atoms with E-state index in [2.05, 4.69) is 23.1 Å². The second-order valence-electron chi connectivity index (χ2n) is 4.63. The maximum Gasteiger partial charge on any atom is 0.122 e. The summed E-state index contributed by atoms with van der Waals surface area (Å²) >= 11 is 2.03. The molecule has 1 spiro atoms. The Morgan fingerprint density at radius 1 is 1.38 bits per heavy atom. The van der Waals surface area contributed by atoms with Gasteiger partial charge in [0, 0.05) is 18.0 Å². The van der Waals surface area contributed by atoms with E-state index < -0.39 is 0 Å². The molecule has 1 saturated heterocycles. The molecule has 1 aromatic heterocycles. The van der Waals surface area contributed by atoms with Gasteiger partial charge in [-0.2, -0.15) is 0 Å². The van der Waals surface area contributed by atoms with Crippen LogP contribution in [0.1, 0.15) is 63.4 Å². The van der Waals surface area contributed by atoms with E-state index in [1.165, 1.54) is 32.4 Å². The van der Waals surface area contributed by atoms with E-state index in [1.54, 1.807) is 10.6 Å². The van der Waals surface area contributed by atoms with Gasteiger partial charge in [0.2, 0.25) is 0 Å². The minimum atomic E-state index is 0.515. The Kier molecular flexibility index (Phi) is 3.45. The van der Waals surface area contributed by atoms with Crippen LogP contribution in [-0.2, 0) is 5.54 Å². The Hall–Kier alpha value is -0.280. The molecule has 3 heteroatoms. The van der Waals surface area contributed by atoms with Gasteiger partial charge in [-0.3, -0.25) is 3.96 Å². The van der Waals surface area contributed by atoms with E-state index in [-0.39, 0.29) is 0 Å².